The lowest BCUT2D eigenvalue weighted by Gasteiger charge is -2.21. The zero-order valence-corrected chi connectivity index (χ0v) is 18.6. The fraction of sp³-hybridized carbons (Fsp3) is 0.304. The van der Waals surface area contributed by atoms with Gasteiger partial charge in [0.25, 0.3) is 5.91 Å². The first-order valence-corrected chi connectivity index (χ1v) is 12.2. The Morgan fingerprint density at radius 3 is 2.55 bits per heavy atom. The van der Waals surface area contributed by atoms with E-state index in [-0.39, 0.29) is 27.9 Å². The fourth-order valence-corrected chi connectivity index (χ4v) is 5.87. The van der Waals surface area contributed by atoms with Gasteiger partial charge in [0.1, 0.15) is 4.90 Å². The molecule has 0 spiro atoms. The Bertz CT molecular complexity index is 1200. The predicted molar refractivity (Wildman–Crippen MR) is 122 cm³/mol. The topological polar surface area (TPSA) is 79.4 Å². The molecule has 2 aromatic carbocycles. The summed E-state index contributed by atoms with van der Waals surface area (Å²) in [6, 6.07) is 14.1. The molecule has 162 valence electrons. The van der Waals surface area contributed by atoms with Gasteiger partial charge in [0.15, 0.2) is 0 Å². The second-order valence-electron chi connectivity index (χ2n) is 7.62. The van der Waals surface area contributed by atoms with Crippen LogP contribution >= 0.6 is 11.6 Å². The summed E-state index contributed by atoms with van der Waals surface area (Å²) in [5, 5.41) is 4.97. The molecule has 1 saturated heterocycles. The van der Waals surface area contributed by atoms with Crippen molar-refractivity contribution in [2.45, 2.75) is 37.1 Å². The largest absolute Gasteiger partial charge is 0.346 e. The average molecular weight is 458 g/mol. The third-order valence-corrected chi connectivity index (χ3v) is 7.93. The normalized spacial score (nSPS) is 15.5. The molecule has 6 nitrogen and oxygen atoms in total. The minimum atomic E-state index is -3.76. The summed E-state index contributed by atoms with van der Waals surface area (Å²) in [4.78, 5) is 17.1. The number of amides is 1. The van der Waals surface area contributed by atoms with Gasteiger partial charge in [-0.15, -0.1) is 0 Å². The zero-order chi connectivity index (χ0) is 21.8. The van der Waals surface area contributed by atoms with Crippen LogP contribution in [0.2, 0.25) is 5.02 Å². The van der Waals surface area contributed by atoms with Crippen molar-refractivity contribution >= 4 is 38.3 Å². The third-order valence-electron chi connectivity index (χ3n) is 5.55. The van der Waals surface area contributed by atoms with Crippen LogP contribution in [0.4, 0.5) is 0 Å². The van der Waals surface area contributed by atoms with Gasteiger partial charge < -0.3 is 5.32 Å². The Balaban J connectivity index is 1.55. The highest BCUT2D eigenvalue weighted by Gasteiger charge is 2.28. The molecular weight excluding hydrogens is 434 g/mol. The van der Waals surface area contributed by atoms with Crippen LogP contribution in [0.3, 0.4) is 0 Å². The van der Waals surface area contributed by atoms with Crippen molar-refractivity contribution in [3.63, 3.8) is 0 Å². The van der Waals surface area contributed by atoms with Crippen molar-refractivity contribution in [3.8, 4) is 0 Å². The van der Waals surface area contributed by atoms with Crippen LogP contribution in [0, 0.1) is 0 Å². The first-order valence-electron chi connectivity index (χ1n) is 10.4. The van der Waals surface area contributed by atoms with Crippen LogP contribution in [0.15, 0.2) is 59.6 Å². The predicted octanol–water partition coefficient (Wildman–Crippen LogP) is 4.38. The number of halogens is 1. The number of pyridine rings is 1. The highest BCUT2D eigenvalue weighted by molar-refractivity contribution is 7.89. The Morgan fingerprint density at radius 2 is 1.77 bits per heavy atom. The van der Waals surface area contributed by atoms with Crippen molar-refractivity contribution in [1.82, 2.24) is 14.6 Å². The summed E-state index contributed by atoms with van der Waals surface area (Å²) in [5.41, 5.74) is 0.996. The minimum Gasteiger partial charge on any atom is -0.346 e. The molecule has 1 fully saturated rings. The molecule has 31 heavy (non-hydrogen) atoms. The van der Waals surface area contributed by atoms with E-state index in [0.717, 1.165) is 42.1 Å². The zero-order valence-electron chi connectivity index (χ0n) is 17.1. The van der Waals surface area contributed by atoms with Crippen LogP contribution in [0.25, 0.3) is 10.8 Å². The maximum absolute atomic E-state index is 13.2. The Kier molecular flexibility index (Phi) is 6.55. The Morgan fingerprint density at radius 1 is 1.03 bits per heavy atom. The van der Waals surface area contributed by atoms with Crippen molar-refractivity contribution in [2.24, 2.45) is 0 Å². The van der Waals surface area contributed by atoms with Gasteiger partial charge in [-0.1, -0.05) is 48.7 Å². The van der Waals surface area contributed by atoms with Crippen LogP contribution in [-0.4, -0.2) is 36.7 Å². The summed E-state index contributed by atoms with van der Waals surface area (Å²) in [6.07, 6.45) is 5.40. The lowest BCUT2D eigenvalue weighted by Crippen LogP contribution is -2.32. The fourth-order valence-electron chi connectivity index (χ4n) is 3.85. The van der Waals surface area contributed by atoms with Crippen molar-refractivity contribution < 1.29 is 13.2 Å². The summed E-state index contributed by atoms with van der Waals surface area (Å²) in [5.74, 6) is -0.376. The number of hydrogen-bond acceptors (Lipinski definition) is 4. The van der Waals surface area contributed by atoms with E-state index < -0.39 is 10.0 Å². The lowest BCUT2D eigenvalue weighted by atomic mass is 10.1. The van der Waals surface area contributed by atoms with Crippen LogP contribution in [-0.2, 0) is 16.6 Å². The first-order chi connectivity index (χ1) is 15.0. The van der Waals surface area contributed by atoms with Gasteiger partial charge in [-0.25, -0.2) is 8.42 Å². The second-order valence-corrected chi connectivity index (χ2v) is 9.94. The van der Waals surface area contributed by atoms with E-state index in [1.807, 2.05) is 30.3 Å². The molecule has 0 saturated carbocycles. The van der Waals surface area contributed by atoms with Gasteiger partial charge in [0, 0.05) is 30.2 Å². The van der Waals surface area contributed by atoms with Gasteiger partial charge in [0.05, 0.1) is 17.3 Å². The SMILES string of the molecule is O=C(NCc1nccc2ccccc12)c1ccc(Cl)c(S(=O)(=O)N2CCCCCC2)c1. The number of hydrogen-bond donors (Lipinski definition) is 1. The quantitative estimate of drug-likeness (QED) is 0.616. The highest BCUT2D eigenvalue weighted by atomic mass is 35.5. The number of rotatable bonds is 5. The molecule has 4 rings (SSSR count). The summed E-state index contributed by atoms with van der Waals surface area (Å²) in [7, 11) is -3.76. The molecule has 1 aliphatic heterocycles. The summed E-state index contributed by atoms with van der Waals surface area (Å²) < 4.78 is 27.8. The molecule has 2 heterocycles. The van der Waals surface area contributed by atoms with E-state index in [1.54, 1.807) is 6.20 Å². The molecular formula is C23H24ClN3O3S. The number of nitrogens with one attached hydrogen (secondary N) is 1. The number of sulfonamides is 1. The Hall–Kier alpha value is -2.48. The Labute approximate surface area is 187 Å². The van der Waals surface area contributed by atoms with Gasteiger partial charge in [0.2, 0.25) is 10.0 Å². The standard InChI is InChI=1S/C23H24ClN3O3S/c24-20-10-9-18(15-22(20)31(29,30)27-13-5-1-2-6-14-27)23(28)26-16-21-19-8-4-3-7-17(19)11-12-25-21/h3-4,7-12,15H,1-2,5-6,13-14,16H2,(H,26,28). The second kappa shape index (κ2) is 9.34. The monoisotopic (exact) mass is 457 g/mol. The molecule has 8 heteroatoms. The number of aromatic nitrogens is 1. The lowest BCUT2D eigenvalue weighted by molar-refractivity contribution is 0.0950. The maximum atomic E-state index is 13.2. The number of carbonyl (C=O) groups is 1. The number of benzene rings is 2. The van der Waals surface area contributed by atoms with E-state index in [9.17, 15) is 13.2 Å². The number of nitrogens with zero attached hydrogens (tertiary/aromatic N) is 2. The van der Waals surface area contributed by atoms with Gasteiger partial charge >= 0.3 is 0 Å². The summed E-state index contributed by atoms with van der Waals surface area (Å²) in [6.45, 7) is 1.18. The molecule has 0 atom stereocenters. The molecule has 0 bridgehead atoms. The third kappa shape index (κ3) is 4.74. The molecule has 1 aromatic heterocycles. The van der Waals surface area contributed by atoms with Crippen LogP contribution in [0.1, 0.15) is 41.7 Å². The van der Waals surface area contributed by atoms with E-state index >= 15 is 0 Å². The molecule has 1 aliphatic rings. The maximum Gasteiger partial charge on any atom is 0.251 e. The van der Waals surface area contributed by atoms with E-state index in [2.05, 4.69) is 10.3 Å². The molecule has 1 N–H and O–H groups in total. The van der Waals surface area contributed by atoms with Crippen LogP contribution < -0.4 is 5.32 Å². The van der Waals surface area contributed by atoms with Crippen LogP contribution in [0.5, 0.6) is 0 Å². The first kappa shape index (κ1) is 21.7. The van der Waals surface area contributed by atoms with Gasteiger partial charge in [-0.3, -0.25) is 9.78 Å². The van der Waals surface area contributed by atoms with E-state index in [4.69, 9.17) is 11.6 Å². The molecule has 0 radical (unpaired) electrons. The molecule has 0 unspecified atom stereocenters. The molecule has 3 aromatic rings. The number of fused-ring (bicyclic) bond motifs is 1. The van der Waals surface area contributed by atoms with Gasteiger partial charge in [-0.05, 0) is 42.5 Å². The van der Waals surface area contributed by atoms with Crippen molar-refractivity contribution in [1.29, 1.82) is 0 Å². The smallest absolute Gasteiger partial charge is 0.251 e. The van der Waals surface area contributed by atoms with Gasteiger partial charge in [-0.2, -0.15) is 4.31 Å². The molecule has 1 amide bonds. The van der Waals surface area contributed by atoms with Crippen molar-refractivity contribution in [2.75, 3.05) is 13.1 Å². The van der Waals surface area contributed by atoms with E-state index in [1.165, 1.54) is 22.5 Å². The summed E-state index contributed by atoms with van der Waals surface area (Å²) >= 11 is 6.24. The highest BCUT2D eigenvalue weighted by Crippen LogP contribution is 2.28. The van der Waals surface area contributed by atoms with Crippen molar-refractivity contribution in [3.05, 3.63) is 71.0 Å². The average Bonchev–Trinajstić information content (AvgIpc) is 3.08. The number of carbonyl (C=O) groups excluding carboxylic acids is 1. The van der Waals surface area contributed by atoms with E-state index in [0.29, 0.717) is 13.1 Å². The molecule has 0 aliphatic carbocycles. The minimum absolute atomic E-state index is 0.0213.